The first-order valence-electron chi connectivity index (χ1n) is 7.87. The fourth-order valence-corrected chi connectivity index (χ4v) is 3.33. The van der Waals surface area contributed by atoms with Crippen molar-refractivity contribution in [2.75, 3.05) is 13.7 Å². The maximum Gasteiger partial charge on any atom is 0.254 e. The summed E-state index contributed by atoms with van der Waals surface area (Å²) in [5.41, 5.74) is 7.41. The van der Waals surface area contributed by atoms with Crippen LogP contribution < -0.4 is 10.5 Å². The van der Waals surface area contributed by atoms with E-state index in [2.05, 4.69) is 15.9 Å². The zero-order valence-corrected chi connectivity index (χ0v) is 15.7. The van der Waals surface area contributed by atoms with Gasteiger partial charge < -0.3 is 15.4 Å². The van der Waals surface area contributed by atoms with E-state index in [4.69, 9.17) is 10.5 Å². The zero-order valence-electron chi connectivity index (χ0n) is 14.1. The molecule has 0 aliphatic carbocycles. The average Bonchev–Trinajstić information content (AvgIpc) is 2.90. The molecule has 3 rings (SSSR count). The number of Topliss-reactive ketones (excluding diaryl/α,β-unsaturated/α-hetero) is 1. The largest absolute Gasteiger partial charge is 0.497 e. The van der Waals surface area contributed by atoms with E-state index in [0.29, 0.717) is 23.4 Å². The topological polar surface area (TPSA) is 72.6 Å². The molecule has 1 unspecified atom stereocenters. The molecule has 0 aromatic heterocycles. The number of hydrogen-bond donors (Lipinski definition) is 1. The maximum absolute atomic E-state index is 12.7. The Balaban J connectivity index is 1.90. The van der Waals surface area contributed by atoms with Crippen molar-refractivity contribution in [2.45, 2.75) is 19.0 Å². The number of amides is 1. The Morgan fingerprint density at radius 2 is 1.96 bits per heavy atom. The van der Waals surface area contributed by atoms with Crippen molar-refractivity contribution in [3.8, 4) is 5.75 Å². The molecule has 1 amide bonds. The number of rotatable bonds is 5. The molecule has 5 nitrogen and oxygen atoms in total. The lowest BCUT2D eigenvalue weighted by Gasteiger charge is -2.32. The molecular weight excluding hydrogens is 384 g/mol. The molecule has 0 saturated heterocycles. The molecule has 0 fully saturated rings. The van der Waals surface area contributed by atoms with Gasteiger partial charge in [0.05, 0.1) is 13.7 Å². The van der Waals surface area contributed by atoms with Gasteiger partial charge in [-0.3, -0.25) is 9.59 Å². The van der Waals surface area contributed by atoms with Crippen LogP contribution in [0.15, 0.2) is 46.9 Å². The van der Waals surface area contributed by atoms with Crippen LogP contribution in [-0.4, -0.2) is 30.2 Å². The summed E-state index contributed by atoms with van der Waals surface area (Å²) in [5.74, 6) is 0.397. The Labute approximate surface area is 154 Å². The Bertz CT molecular complexity index is 835. The van der Waals surface area contributed by atoms with Gasteiger partial charge in [-0.2, -0.15) is 0 Å². The number of nitrogens with zero attached hydrogens (tertiary/aromatic N) is 1. The van der Waals surface area contributed by atoms with E-state index in [1.54, 1.807) is 24.1 Å². The van der Waals surface area contributed by atoms with E-state index >= 15 is 0 Å². The number of ketones is 1. The van der Waals surface area contributed by atoms with E-state index in [-0.39, 0.29) is 18.2 Å². The van der Waals surface area contributed by atoms with Gasteiger partial charge in [0.15, 0.2) is 5.78 Å². The summed E-state index contributed by atoms with van der Waals surface area (Å²) >= 11 is 3.38. The van der Waals surface area contributed by atoms with Gasteiger partial charge >= 0.3 is 0 Å². The van der Waals surface area contributed by atoms with Crippen LogP contribution in [-0.2, 0) is 16.9 Å². The summed E-state index contributed by atoms with van der Waals surface area (Å²) in [6.07, 6.45) is 0. The van der Waals surface area contributed by atoms with Gasteiger partial charge in [-0.15, -0.1) is 0 Å². The van der Waals surface area contributed by atoms with Crippen LogP contribution in [0.1, 0.15) is 28.4 Å². The third-order valence-corrected chi connectivity index (χ3v) is 5.15. The van der Waals surface area contributed by atoms with E-state index in [9.17, 15) is 9.59 Å². The lowest BCUT2D eigenvalue weighted by atomic mass is 9.86. The third kappa shape index (κ3) is 3.19. The van der Waals surface area contributed by atoms with Gasteiger partial charge in [-0.05, 0) is 48.4 Å². The summed E-state index contributed by atoms with van der Waals surface area (Å²) < 4.78 is 6.12. The molecule has 0 radical (unpaired) electrons. The van der Waals surface area contributed by atoms with Gasteiger partial charge in [0.1, 0.15) is 11.3 Å². The van der Waals surface area contributed by atoms with Crippen LogP contribution in [0.4, 0.5) is 0 Å². The minimum absolute atomic E-state index is 0.120. The molecule has 1 atom stereocenters. The molecule has 0 bridgehead atoms. The van der Waals surface area contributed by atoms with Crippen molar-refractivity contribution in [3.63, 3.8) is 0 Å². The summed E-state index contributed by atoms with van der Waals surface area (Å²) in [5, 5.41) is 0. The fourth-order valence-electron chi connectivity index (χ4n) is 3.07. The first-order chi connectivity index (χ1) is 11.8. The van der Waals surface area contributed by atoms with Crippen LogP contribution in [0.25, 0.3) is 0 Å². The van der Waals surface area contributed by atoms with Gasteiger partial charge in [-0.25, -0.2) is 0 Å². The number of halogens is 1. The molecule has 1 heterocycles. The van der Waals surface area contributed by atoms with E-state index < -0.39 is 5.54 Å². The lowest BCUT2D eigenvalue weighted by molar-refractivity contribution is -0.122. The monoisotopic (exact) mass is 402 g/mol. The van der Waals surface area contributed by atoms with Gasteiger partial charge in [0.25, 0.3) is 5.91 Å². The number of carbonyl (C=O) groups is 2. The Kier molecular flexibility index (Phi) is 4.67. The standard InChI is InChI=1S/C19H19BrN2O3/c1-12(23)19(21,14-3-5-15(20)6-4-14)11-22-10-13-9-16(25-2)7-8-17(13)18(22)24/h3-9H,10-11,21H2,1-2H3. The Hall–Kier alpha value is -2.18. The predicted octanol–water partition coefficient (Wildman–Crippen LogP) is 2.86. The van der Waals surface area contributed by atoms with Crippen molar-refractivity contribution in [3.05, 3.63) is 63.6 Å². The number of fused-ring (bicyclic) bond motifs is 1. The second kappa shape index (κ2) is 6.61. The van der Waals surface area contributed by atoms with Crippen LogP contribution in [0.5, 0.6) is 5.75 Å². The predicted molar refractivity (Wildman–Crippen MR) is 98.4 cm³/mol. The maximum atomic E-state index is 12.7. The van der Waals surface area contributed by atoms with Crippen molar-refractivity contribution >= 4 is 27.6 Å². The summed E-state index contributed by atoms with van der Waals surface area (Å²) in [7, 11) is 1.59. The molecule has 2 aromatic rings. The number of hydrogen-bond acceptors (Lipinski definition) is 4. The minimum atomic E-state index is -1.25. The molecule has 0 spiro atoms. The highest BCUT2D eigenvalue weighted by Gasteiger charge is 2.39. The SMILES string of the molecule is COc1ccc2c(c1)CN(CC(N)(C(C)=O)c1ccc(Br)cc1)C2=O. The normalized spacial score (nSPS) is 15.7. The van der Waals surface area contributed by atoms with E-state index in [1.165, 1.54) is 6.92 Å². The molecule has 25 heavy (non-hydrogen) atoms. The molecular formula is C19H19BrN2O3. The number of methoxy groups -OCH3 is 1. The highest BCUT2D eigenvalue weighted by atomic mass is 79.9. The summed E-state index contributed by atoms with van der Waals surface area (Å²) in [4.78, 5) is 26.6. The Morgan fingerprint density at radius 1 is 1.28 bits per heavy atom. The fraction of sp³-hybridized carbons (Fsp3) is 0.263. The van der Waals surface area contributed by atoms with E-state index in [1.807, 2.05) is 30.3 Å². The van der Waals surface area contributed by atoms with Gasteiger partial charge in [-0.1, -0.05) is 28.1 Å². The van der Waals surface area contributed by atoms with Gasteiger partial charge in [0.2, 0.25) is 0 Å². The summed E-state index contributed by atoms with van der Waals surface area (Å²) in [6.45, 7) is 1.99. The highest BCUT2D eigenvalue weighted by molar-refractivity contribution is 9.10. The third-order valence-electron chi connectivity index (χ3n) is 4.62. The number of carbonyl (C=O) groups excluding carboxylic acids is 2. The minimum Gasteiger partial charge on any atom is -0.497 e. The molecule has 2 N–H and O–H groups in total. The number of benzene rings is 2. The zero-order chi connectivity index (χ0) is 18.2. The molecule has 0 saturated carbocycles. The van der Waals surface area contributed by atoms with Crippen molar-refractivity contribution < 1.29 is 14.3 Å². The Morgan fingerprint density at radius 3 is 2.56 bits per heavy atom. The van der Waals surface area contributed by atoms with Crippen LogP contribution in [0, 0.1) is 0 Å². The second-order valence-electron chi connectivity index (χ2n) is 6.22. The van der Waals surface area contributed by atoms with Crippen LogP contribution >= 0.6 is 15.9 Å². The average molecular weight is 403 g/mol. The van der Waals surface area contributed by atoms with Crippen LogP contribution in [0.3, 0.4) is 0 Å². The summed E-state index contributed by atoms with van der Waals surface area (Å²) in [6, 6.07) is 12.7. The molecule has 130 valence electrons. The quantitative estimate of drug-likeness (QED) is 0.834. The molecule has 6 heteroatoms. The lowest BCUT2D eigenvalue weighted by Crippen LogP contribution is -2.52. The highest BCUT2D eigenvalue weighted by Crippen LogP contribution is 2.30. The van der Waals surface area contributed by atoms with Crippen LogP contribution in [0.2, 0.25) is 0 Å². The molecule has 1 aliphatic heterocycles. The number of nitrogens with two attached hydrogens (primary N) is 1. The van der Waals surface area contributed by atoms with Gasteiger partial charge in [0, 0.05) is 16.6 Å². The van der Waals surface area contributed by atoms with Crippen molar-refractivity contribution in [1.82, 2.24) is 4.90 Å². The van der Waals surface area contributed by atoms with E-state index in [0.717, 1.165) is 10.0 Å². The smallest absolute Gasteiger partial charge is 0.254 e. The molecule has 2 aromatic carbocycles. The van der Waals surface area contributed by atoms with Crippen molar-refractivity contribution in [1.29, 1.82) is 0 Å². The second-order valence-corrected chi connectivity index (χ2v) is 7.13. The first kappa shape index (κ1) is 17.6. The molecule has 1 aliphatic rings. The first-order valence-corrected chi connectivity index (χ1v) is 8.66. The number of ether oxygens (including phenoxy) is 1. The van der Waals surface area contributed by atoms with Crippen molar-refractivity contribution in [2.24, 2.45) is 5.73 Å².